The van der Waals surface area contributed by atoms with E-state index < -0.39 is 17.5 Å². The van der Waals surface area contributed by atoms with Crippen LogP contribution in [0.15, 0.2) is 86.0 Å². The fraction of sp³-hybridized carbons (Fsp3) is 0.0435. The zero-order valence-electron chi connectivity index (χ0n) is 17.3. The maximum Gasteiger partial charge on any atom is 0.282 e. The molecule has 1 unspecified atom stereocenters. The second-order valence-corrected chi connectivity index (χ2v) is 9.10. The fourth-order valence-electron chi connectivity index (χ4n) is 3.23. The first-order chi connectivity index (χ1) is 15.4. The van der Waals surface area contributed by atoms with E-state index in [1.54, 1.807) is 24.3 Å². The Morgan fingerprint density at radius 3 is 2.52 bits per heavy atom. The van der Waals surface area contributed by atoms with E-state index in [4.69, 9.17) is 17.3 Å². The number of thiophene rings is 1. The highest BCUT2D eigenvalue weighted by molar-refractivity contribution is 7.99. The summed E-state index contributed by atoms with van der Waals surface area (Å²) in [6.07, 6.45) is 2.91. The number of aromatic amines is 1. The van der Waals surface area contributed by atoms with Crippen LogP contribution < -0.4 is 17.4 Å². The minimum absolute atomic E-state index is 0. The van der Waals surface area contributed by atoms with E-state index in [9.17, 15) is 14.7 Å². The van der Waals surface area contributed by atoms with Gasteiger partial charge in [0, 0.05) is 11.0 Å². The third kappa shape index (κ3) is 5.40. The molecule has 1 atom stereocenters. The van der Waals surface area contributed by atoms with E-state index in [1.807, 2.05) is 47.2 Å². The van der Waals surface area contributed by atoms with Gasteiger partial charge in [-0.1, -0.05) is 59.8 Å². The molecule has 0 aliphatic heterocycles. The minimum atomic E-state index is -0.524. The molecule has 2 aromatic heterocycles. The zero-order chi connectivity index (χ0) is 22.7. The molecule has 0 saturated heterocycles. The van der Waals surface area contributed by atoms with Crippen LogP contribution in [0.1, 0.15) is 22.7 Å². The summed E-state index contributed by atoms with van der Waals surface area (Å²) in [4.78, 5) is 24.5. The standard InChI is InChI=1S/C23H18ClN3O3S2.H3N/c24-17-3-1-2-4-18(17)32-21-22(29)26-27(23(21)30)20(16-11-12-31-13-16)15-8-5-14(6-9-15)7-10-19(25)28;/h1-13,20,30H,(H2,25,28)(H,26,29);1H3/b10-7+;. The number of nitrogens with zero attached hydrogens (tertiary/aromatic N) is 1. The lowest BCUT2D eigenvalue weighted by Crippen LogP contribution is -2.15. The van der Waals surface area contributed by atoms with Gasteiger partial charge in [0.15, 0.2) is 0 Å². The van der Waals surface area contributed by atoms with Gasteiger partial charge >= 0.3 is 0 Å². The molecule has 0 aliphatic rings. The number of carbonyl (C=O) groups is 1. The van der Waals surface area contributed by atoms with Gasteiger partial charge in [-0.25, -0.2) is 4.68 Å². The van der Waals surface area contributed by atoms with Gasteiger partial charge in [-0.05, 0) is 51.7 Å². The first kappa shape index (κ1) is 24.4. The van der Waals surface area contributed by atoms with Crippen molar-refractivity contribution in [3.05, 3.63) is 104 Å². The van der Waals surface area contributed by atoms with E-state index in [-0.39, 0.29) is 16.9 Å². The molecule has 7 nitrogen and oxygen atoms in total. The van der Waals surface area contributed by atoms with Crippen molar-refractivity contribution in [1.82, 2.24) is 15.9 Å². The first-order valence-electron chi connectivity index (χ1n) is 9.49. The van der Waals surface area contributed by atoms with Crippen LogP contribution in [0.2, 0.25) is 5.02 Å². The van der Waals surface area contributed by atoms with E-state index in [1.165, 1.54) is 22.1 Å². The molecule has 170 valence electrons. The minimum Gasteiger partial charge on any atom is -0.493 e. The Balaban J connectivity index is 0.00000306. The Bertz CT molecular complexity index is 1330. The van der Waals surface area contributed by atoms with Gasteiger partial charge < -0.3 is 17.0 Å². The molecule has 0 aliphatic carbocycles. The molecular formula is C23H21ClN4O3S2. The van der Waals surface area contributed by atoms with Gasteiger partial charge in [-0.3, -0.25) is 14.7 Å². The molecule has 4 rings (SSSR count). The van der Waals surface area contributed by atoms with E-state index in [0.717, 1.165) is 28.5 Å². The fourth-order valence-corrected chi connectivity index (χ4v) is 5.02. The summed E-state index contributed by atoms with van der Waals surface area (Å²) in [5.41, 5.74) is 7.30. The lowest BCUT2D eigenvalue weighted by atomic mass is 10.00. The van der Waals surface area contributed by atoms with Crippen LogP contribution in [0.25, 0.3) is 6.08 Å². The molecule has 0 radical (unpaired) electrons. The van der Waals surface area contributed by atoms with Gasteiger partial charge in [-0.15, -0.1) is 0 Å². The number of halogens is 1. The number of hydrogen-bond donors (Lipinski definition) is 4. The topological polar surface area (TPSA) is 136 Å². The highest BCUT2D eigenvalue weighted by atomic mass is 35.5. The average molecular weight is 501 g/mol. The second-order valence-electron chi connectivity index (χ2n) is 6.86. The number of carbonyl (C=O) groups excluding carboxylic acids is 1. The molecular weight excluding hydrogens is 480 g/mol. The summed E-state index contributed by atoms with van der Waals surface area (Å²) in [7, 11) is 0. The van der Waals surface area contributed by atoms with Crippen molar-refractivity contribution in [3.8, 4) is 5.88 Å². The number of H-pyrrole nitrogens is 1. The van der Waals surface area contributed by atoms with Crippen molar-refractivity contribution < 1.29 is 9.90 Å². The smallest absolute Gasteiger partial charge is 0.282 e. The molecule has 0 spiro atoms. The molecule has 7 N–H and O–H groups in total. The molecule has 0 bridgehead atoms. The molecule has 0 saturated carbocycles. The van der Waals surface area contributed by atoms with Crippen molar-refractivity contribution in [3.63, 3.8) is 0 Å². The number of aromatic hydroxyl groups is 1. The molecule has 33 heavy (non-hydrogen) atoms. The number of nitrogens with two attached hydrogens (primary N) is 1. The van der Waals surface area contributed by atoms with Gasteiger partial charge in [0.05, 0.1) is 5.02 Å². The number of amides is 1. The number of nitrogens with one attached hydrogen (secondary N) is 1. The molecule has 2 heterocycles. The molecule has 4 aromatic rings. The summed E-state index contributed by atoms with van der Waals surface area (Å²) in [5.74, 6) is -0.697. The van der Waals surface area contributed by atoms with Crippen LogP contribution in [-0.2, 0) is 4.79 Å². The van der Waals surface area contributed by atoms with Gasteiger partial charge in [0.1, 0.15) is 10.9 Å². The Morgan fingerprint density at radius 2 is 1.88 bits per heavy atom. The molecule has 10 heteroatoms. The quantitative estimate of drug-likeness (QED) is 0.263. The molecule has 0 fully saturated rings. The molecule has 2 aromatic carbocycles. The van der Waals surface area contributed by atoms with E-state index >= 15 is 0 Å². The lowest BCUT2D eigenvalue weighted by molar-refractivity contribution is -0.113. The Kier molecular flexibility index (Phi) is 7.83. The predicted molar refractivity (Wildman–Crippen MR) is 134 cm³/mol. The van der Waals surface area contributed by atoms with E-state index in [2.05, 4.69) is 5.10 Å². The molecule has 1 amide bonds. The van der Waals surface area contributed by atoms with Crippen LogP contribution in [-0.4, -0.2) is 20.8 Å². The maximum atomic E-state index is 12.7. The number of hydrogen-bond acceptors (Lipinski definition) is 6. The van der Waals surface area contributed by atoms with Crippen molar-refractivity contribution in [2.75, 3.05) is 0 Å². The first-order valence-corrected chi connectivity index (χ1v) is 11.6. The highest BCUT2D eigenvalue weighted by Crippen LogP contribution is 2.39. The van der Waals surface area contributed by atoms with Crippen LogP contribution in [0.3, 0.4) is 0 Å². The maximum absolute atomic E-state index is 12.7. The number of benzene rings is 2. The lowest BCUT2D eigenvalue weighted by Gasteiger charge is -2.19. The monoisotopic (exact) mass is 500 g/mol. The van der Waals surface area contributed by atoms with Crippen LogP contribution >= 0.6 is 34.7 Å². The summed E-state index contributed by atoms with van der Waals surface area (Å²) in [6.45, 7) is 0. The summed E-state index contributed by atoms with van der Waals surface area (Å²) >= 11 is 8.86. The Hall–Kier alpha value is -3.24. The normalized spacial score (nSPS) is 11.9. The van der Waals surface area contributed by atoms with Crippen LogP contribution in [0, 0.1) is 0 Å². The third-order valence-electron chi connectivity index (χ3n) is 4.72. The summed E-state index contributed by atoms with van der Waals surface area (Å²) in [6, 6.07) is 16.1. The number of aromatic nitrogens is 2. The summed E-state index contributed by atoms with van der Waals surface area (Å²) in [5, 5.41) is 18.2. The summed E-state index contributed by atoms with van der Waals surface area (Å²) < 4.78 is 1.46. The van der Waals surface area contributed by atoms with Crippen LogP contribution in [0.5, 0.6) is 5.88 Å². The third-order valence-corrected chi connectivity index (χ3v) is 7.01. The number of primary amides is 1. The van der Waals surface area contributed by atoms with Crippen molar-refractivity contribution in [1.29, 1.82) is 0 Å². The highest BCUT2D eigenvalue weighted by Gasteiger charge is 2.25. The second kappa shape index (κ2) is 10.6. The van der Waals surface area contributed by atoms with Crippen molar-refractivity contribution in [2.45, 2.75) is 15.8 Å². The van der Waals surface area contributed by atoms with Gasteiger partial charge in [0.2, 0.25) is 11.8 Å². The SMILES string of the molecule is N.NC(=O)/C=C/c1ccc(C(c2ccsc2)n2[nH]c(=O)c(Sc3ccccc3Cl)c2O)cc1. The van der Waals surface area contributed by atoms with E-state index in [0.29, 0.717) is 9.92 Å². The van der Waals surface area contributed by atoms with Crippen molar-refractivity contribution in [2.24, 2.45) is 5.73 Å². The number of rotatable bonds is 7. The Labute approximate surface area is 203 Å². The van der Waals surface area contributed by atoms with Crippen molar-refractivity contribution >= 4 is 46.7 Å². The largest absolute Gasteiger partial charge is 0.493 e. The average Bonchev–Trinajstić information content (AvgIpc) is 3.39. The predicted octanol–water partition coefficient (Wildman–Crippen LogP) is 5.05. The zero-order valence-corrected chi connectivity index (χ0v) is 19.7. The Morgan fingerprint density at radius 1 is 1.15 bits per heavy atom. The van der Waals surface area contributed by atoms with Gasteiger partial charge in [0.25, 0.3) is 5.56 Å². The van der Waals surface area contributed by atoms with Gasteiger partial charge in [-0.2, -0.15) is 11.3 Å². The van der Waals surface area contributed by atoms with Crippen LogP contribution in [0.4, 0.5) is 0 Å².